The Labute approximate surface area is 259 Å². The quantitative estimate of drug-likeness (QED) is 0.142. The van der Waals surface area contributed by atoms with Gasteiger partial charge in [-0.25, -0.2) is 13.8 Å². The van der Waals surface area contributed by atoms with Crippen molar-refractivity contribution in [1.82, 2.24) is 14.9 Å². The van der Waals surface area contributed by atoms with Crippen molar-refractivity contribution in [3.8, 4) is 22.3 Å². The van der Waals surface area contributed by atoms with Gasteiger partial charge in [-0.15, -0.1) is 0 Å². The fourth-order valence-corrected chi connectivity index (χ4v) is 5.62. The topological polar surface area (TPSA) is 85.3 Å². The Morgan fingerprint density at radius 3 is 2.43 bits per heavy atom. The zero-order valence-corrected chi connectivity index (χ0v) is 24.7. The molecule has 1 aliphatic heterocycles. The number of ketones is 1. The molecule has 44 heavy (non-hydrogen) atoms. The second-order valence-corrected chi connectivity index (χ2v) is 11.3. The average molecular weight is 609 g/mol. The van der Waals surface area contributed by atoms with Gasteiger partial charge in [-0.1, -0.05) is 36.5 Å². The minimum Gasteiger partial charge on any atom is -0.460 e. The van der Waals surface area contributed by atoms with Crippen molar-refractivity contribution in [2.24, 2.45) is 0 Å². The number of rotatable bonds is 8. The second kappa shape index (κ2) is 12.5. The summed E-state index contributed by atoms with van der Waals surface area (Å²) in [6.45, 7) is 0.509. The average Bonchev–Trinajstić information content (AvgIpc) is 3.46. The Kier molecular flexibility index (Phi) is 8.30. The van der Waals surface area contributed by atoms with E-state index in [1.165, 1.54) is 0 Å². The van der Waals surface area contributed by atoms with Crippen LogP contribution in [0.25, 0.3) is 39.3 Å². The van der Waals surface area contributed by atoms with E-state index >= 15 is 0 Å². The van der Waals surface area contributed by atoms with E-state index in [2.05, 4.69) is 22.1 Å². The lowest BCUT2D eigenvalue weighted by Crippen LogP contribution is -2.42. The summed E-state index contributed by atoms with van der Waals surface area (Å²) in [7, 11) is 0. The van der Waals surface area contributed by atoms with Gasteiger partial charge in [0.1, 0.15) is 22.1 Å². The highest BCUT2D eigenvalue weighted by molar-refractivity contribution is 7.80. The molecule has 0 amide bonds. The van der Waals surface area contributed by atoms with Gasteiger partial charge in [0.25, 0.3) is 5.92 Å². The molecule has 1 fully saturated rings. The Morgan fingerprint density at radius 1 is 0.977 bits per heavy atom. The van der Waals surface area contributed by atoms with Crippen LogP contribution < -0.4 is 5.73 Å². The number of allylic oxidation sites excluding steroid dienone is 1. The number of likely N-dealkylation sites (tertiary alicyclic amines) is 1. The van der Waals surface area contributed by atoms with Crippen LogP contribution >= 0.6 is 12.2 Å². The highest BCUT2D eigenvalue weighted by Gasteiger charge is 2.34. The van der Waals surface area contributed by atoms with Gasteiger partial charge in [-0.05, 0) is 76.9 Å². The van der Waals surface area contributed by atoms with Crippen LogP contribution in [0.3, 0.4) is 0 Å². The van der Waals surface area contributed by atoms with Crippen LogP contribution in [0.2, 0.25) is 0 Å². The molecule has 0 radical (unpaired) electrons. The first-order valence-electron chi connectivity index (χ1n) is 14.4. The fourth-order valence-electron chi connectivity index (χ4n) is 5.30. The van der Waals surface area contributed by atoms with E-state index in [9.17, 15) is 13.6 Å². The van der Waals surface area contributed by atoms with Crippen LogP contribution in [0.1, 0.15) is 36.1 Å². The summed E-state index contributed by atoms with van der Waals surface area (Å²) in [4.78, 5) is 23.2. The summed E-state index contributed by atoms with van der Waals surface area (Å²) in [5.41, 5.74) is 11.9. The molecule has 0 bridgehead atoms. The number of carbonyl (C=O) groups is 1. The molecule has 1 saturated heterocycles. The highest BCUT2D eigenvalue weighted by Crippen LogP contribution is 2.36. The molecule has 0 saturated carbocycles. The normalized spacial score (nSPS) is 14.7. The van der Waals surface area contributed by atoms with Gasteiger partial charge in [-0.2, -0.15) is 0 Å². The van der Waals surface area contributed by atoms with Crippen LogP contribution in [0, 0.1) is 0 Å². The van der Waals surface area contributed by atoms with Gasteiger partial charge in [0.15, 0.2) is 5.78 Å². The predicted molar refractivity (Wildman–Crippen MR) is 173 cm³/mol. The number of thiocarbonyl (C=S) groups is 1. The number of nitrogens with zero attached hydrogens (tertiary/aromatic N) is 3. The predicted octanol–water partition coefficient (Wildman–Crippen LogP) is 7.76. The van der Waals surface area contributed by atoms with Crippen LogP contribution in [-0.4, -0.2) is 44.7 Å². The molecule has 1 aliphatic rings. The van der Waals surface area contributed by atoms with Gasteiger partial charge < -0.3 is 15.1 Å². The number of nitrogen functional groups attached to an aromatic ring is 1. The van der Waals surface area contributed by atoms with Crippen LogP contribution in [0.4, 0.5) is 14.6 Å². The minimum atomic E-state index is -2.61. The van der Waals surface area contributed by atoms with Crippen molar-refractivity contribution in [1.29, 1.82) is 0 Å². The summed E-state index contributed by atoms with van der Waals surface area (Å²) in [6, 6.07) is 21.4. The van der Waals surface area contributed by atoms with Crippen molar-refractivity contribution in [2.45, 2.75) is 31.6 Å². The van der Waals surface area contributed by atoms with Crippen molar-refractivity contribution in [2.75, 3.05) is 18.8 Å². The molecule has 6 nitrogen and oxygen atoms in total. The summed E-state index contributed by atoms with van der Waals surface area (Å²) in [6.07, 6.45) is 8.78. The summed E-state index contributed by atoms with van der Waals surface area (Å²) < 4.78 is 33.6. The number of aromatic nitrogens is 2. The first-order chi connectivity index (χ1) is 21.2. The molecular weight excluding hydrogens is 578 g/mol. The van der Waals surface area contributed by atoms with E-state index in [0.29, 0.717) is 23.6 Å². The summed E-state index contributed by atoms with van der Waals surface area (Å²) in [5.74, 6) is -1.49. The van der Waals surface area contributed by atoms with E-state index in [-0.39, 0.29) is 31.7 Å². The Balaban J connectivity index is 1.23. The molecule has 0 unspecified atom stereocenters. The first-order valence-corrected chi connectivity index (χ1v) is 14.8. The molecule has 9 heteroatoms. The lowest BCUT2D eigenvalue weighted by atomic mass is 9.96. The van der Waals surface area contributed by atoms with Crippen molar-refractivity contribution < 1.29 is 18.0 Å². The number of alkyl halides is 2. The first kappa shape index (κ1) is 29.3. The zero-order chi connectivity index (χ0) is 30.7. The van der Waals surface area contributed by atoms with Crippen LogP contribution in [0.5, 0.6) is 0 Å². The van der Waals surface area contributed by atoms with Gasteiger partial charge in [0.2, 0.25) is 0 Å². The minimum absolute atomic E-state index is 0.0198. The maximum absolute atomic E-state index is 13.6. The van der Waals surface area contributed by atoms with E-state index in [0.717, 1.165) is 50.1 Å². The highest BCUT2D eigenvalue weighted by atomic mass is 32.1. The van der Waals surface area contributed by atoms with Crippen LogP contribution in [-0.2, 0) is 11.2 Å². The third-order valence-corrected chi connectivity index (χ3v) is 8.29. The number of fused-ring (bicyclic) bond motifs is 1. The van der Waals surface area contributed by atoms with E-state index < -0.39 is 5.92 Å². The molecule has 5 aromatic rings. The molecule has 0 aliphatic carbocycles. The maximum Gasteiger partial charge on any atom is 0.251 e. The molecule has 222 valence electrons. The lowest BCUT2D eigenvalue weighted by molar-refractivity contribution is -0.114. The largest absolute Gasteiger partial charge is 0.460 e. The smallest absolute Gasteiger partial charge is 0.251 e. The number of halogens is 2. The molecule has 4 heterocycles. The van der Waals surface area contributed by atoms with Crippen LogP contribution in [0.15, 0.2) is 95.8 Å². The third-order valence-electron chi connectivity index (χ3n) is 7.79. The van der Waals surface area contributed by atoms with Crippen molar-refractivity contribution in [3.63, 3.8) is 0 Å². The third kappa shape index (κ3) is 6.73. The molecule has 0 spiro atoms. The maximum atomic E-state index is 13.6. The standard InChI is InChI=1S/C35H30F2N4O2S/c36-35(37)13-17-41(18-14-35)34(44)26-5-3-24(4-6-26)27-19-28-20-30(43-33(28)31(21-27)25-11-15-39-16-12-25)9-8-29(42)7-1-23-2-10-32(38)40-22-23/h1-7,10-12,15-16,19-22H,8-9,13-14,17-18H2,(H2,38,40)/b7-1+. The lowest BCUT2D eigenvalue weighted by Gasteiger charge is -2.33. The number of piperidine rings is 1. The Morgan fingerprint density at radius 2 is 1.73 bits per heavy atom. The second-order valence-electron chi connectivity index (χ2n) is 10.9. The van der Waals surface area contributed by atoms with Gasteiger partial charge in [0.05, 0.1) is 0 Å². The number of nitrogens with two attached hydrogens (primary N) is 1. The van der Waals surface area contributed by atoms with E-state index in [4.69, 9.17) is 22.4 Å². The van der Waals surface area contributed by atoms with Gasteiger partial charge >= 0.3 is 0 Å². The zero-order valence-electron chi connectivity index (χ0n) is 23.9. The number of aryl methyl sites for hydroxylation is 1. The van der Waals surface area contributed by atoms with E-state index in [1.54, 1.807) is 36.8 Å². The number of benzene rings is 2. The van der Waals surface area contributed by atoms with Gasteiger partial charge in [0, 0.05) is 73.9 Å². The molecule has 2 N–H and O–H groups in total. The molecule has 2 aromatic carbocycles. The molecule has 0 atom stereocenters. The number of carbonyl (C=O) groups excluding carboxylic acids is 1. The molecule has 6 rings (SSSR count). The molecular formula is C35H30F2N4O2S. The Bertz CT molecular complexity index is 1830. The number of hydrogen-bond acceptors (Lipinski definition) is 6. The molecule has 3 aromatic heterocycles. The number of anilines is 1. The van der Waals surface area contributed by atoms with Crippen molar-refractivity contribution >= 4 is 45.9 Å². The van der Waals surface area contributed by atoms with Gasteiger partial charge in [-0.3, -0.25) is 9.78 Å². The summed E-state index contributed by atoms with van der Waals surface area (Å²) in [5, 5.41) is 0.925. The Hall–Kier alpha value is -4.76. The van der Waals surface area contributed by atoms with E-state index in [1.807, 2.05) is 53.4 Å². The van der Waals surface area contributed by atoms with Crippen molar-refractivity contribution in [3.05, 3.63) is 108 Å². The fraction of sp³-hybridized carbons (Fsp3) is 0.200. The summed E-state index contributed by atoms with van der Waals surface area (Å²) >= 11 is 5.64. The SMILES string of the molecule is Nc1ccc(/C=C/C(=O)CCc2cc3cc(-c4ccc(C(=S)N5CCC(F)(F)CC5)cc4)cc(-c4ccncc4)c3o2)cn1. The number of furan rings is 1. The monoisotopic (exact) mass is 608 g/mol. The number of pyridine rings is 2. The number of hydrogen-bond donors (Lipinski definition) is 1.